The maximum atomic E-state index is 8.22. The summed E-state index contributed by atoms with van der Waals surface area (Å²) in [5.74, 6) is 1.32. The minimum atomic E-state index is 0.368. The number of aliphatic imine (C=N–C) groups is 1. The van der Waals surface area contributed by atoms with Crippen molar-refractivity contribution in [1.82, 2.24) is 3.96 Å². The molecule has 0 fully saturated rings. The number of aryl methyl sites for hydroxylation is 1. The summed E-state index contributed by atoms with van der Waals surface area (Å²) in [5, 5.41) is 12.2. The van der Waals surface area contributed by atoms with Gasteiger partial charge in [-0.2, -0.15) is 0 Å². The second-order valence-electron chi connectivity index (χ2n) is 5.70. The molecule has 134 valence electrons. The average Bonchev–Trinajstić information content (AvgIpc) is 2.97. The highest BCUT2D eigenvalue weighted by molar-refractivity contribution is 7.07. The first-order valence-electron chi connectivity index (χ1n) is 7.98. The smallest absolute Gasteiger partial charge is 0.223 e. The molecule has 2 aromatic carbocycles. The molecular formula is C19H19ClN4OS. The standard InChI is InChI=1S/C19H19ClN4OS/c1-12-11-18(21)24(26-12)19(22-14-7-9-15(25-3)10-8-14)23-17-6-4-5-16(20)13(17)2/h4-11,21H,1-3H3,(H,22,23). The van der Waals surface area contributed by atoms with Crippen molar-refractivity contribution in [2.75, 3.05) is 12.4 Å². The number of nitrogens with zero attached hydrogens (tertiary/aromatic N) is 2. The Kier molecular flexibility index (Phi) is 5.44. The van der Waals surface area contributed by atoms with Crippen LogP contribution < -0.4 is 15.5 Å². The quantitative estimate of drug-likeness (QED) is 0.493. The molecule has 0 amide bonds. The van der Waals surface area contributed by atoms with Gasteiger partial charge in [0, 0.05) is 15.6 Å². The number of hydrogen-bond acceptors (Lipinski definition) is 4. The van der Waals surface area contributed by atoms with Gasteiger partial charge in [0.1, 0.15) is 11.2 Å². The minimum Gasteiger partial charge on any atom is -0.497 e. The van der Waals surface area contributed by atoms with E-state index in [2.05, 4.69) is 5.32 Å². The Morgan fingerprint density at radius 3 is 2.54 bits per heavy atom. The van der Waals surface area contributed by atoms with E-state index in [1.807, 2.05) is 56.3 Å². The number of ether oxygens (including phenoxy) is 1. The fourth-order valence-corrected chi connectivity index (χ4v) is 3.33. The van der Waals surface area contributed by atoms with E-state index < -0.39 is 0 Å². The Morgan fingerprint density at radius 1 is 1.19 bits per heavy atom. The zero-order chi connectivity index (χ0) is 18.7. The van der Waals surface area contributed by atoms with Gasteiger partial charge >= 0.3 is 0 Å². The van der Waals surface area contributed by atoms with Crippen molar-refractivity contribution in [3.8, 4) is 5.75 Å². The topological polar surface area (TPSA) is 62.4 Å². The van der Waals surface area contributed by atoms with Crippen molar-refractivity contribution in [3.05, 3.63) is 69.5 Å². The number of hydrogen-bond donors (Lipinski definition) is 2. The van der Waals surface area contributed by atoms with E-state index >= 15 is 0 Å². The Bertz CT molecular complexity index is 1010. The Morgan fingerprint density at radius 2 is 1.92 bits per heavy atom. The summed E-state index contributed by atoms with van der Waals surface area (Å²) >= 11 is 7.68. The molecule has 26 heavy (non-hydrogen) atoms. The molecule has 3 aromatic rings. The van der Waals surface area contributed by atoms with Crippen molar-refractivity contribution in [2.45, 2.75) is 13.8 Å². The van der Waals surface area contributed by atoms with Crippen LogP contribution in [0.1, 0.15) is 10.4 Å². The van der Waals surface area contributed by atoms with E-state index in [4.69, 9.17) is 26.7 Å². The molecule has 0 atom stereocenters. The highest BCUT2D eigenvalue weighted by atomic mass is 35.5. The zero-order valence-corrected chi connectivity index (χ0v) is 16.3. The van der Waals surface area contributed by atoms with Gasteiger partial charge in [-0.1, -0.05) is 29.2 Å². The number of methoxy groups -OCH3 is 1. The molecule has 0 bridgehead atoms. The monoisotopic (exact) mass is 386 g/mol. The maximum absolute atomic E-state index is 8.22. The number of anilines is 1. The largest absolute Gasteiger partial charge is 0.497 e. The summed E-state index contributed by atoms with van der Waals surface area (Å²) in [5.41, 5.74) is 2.86. The second-order valence-corrected chi connectivity index (χ2v) is 7.30. The Balaban J connectivity index is 2.06. The molecule has 0 aliphatic carbocycles. The number of rotatable bonds is 3. The van der Waals surface area contributed by atoms with Crippen molar-refractivity contribution in [3.63, 3.8) is 0 Å². The highest BCUT2D eigenvalue weighted by Gasteiger charge is 2.10. The summed E-state index contributed by atoms with van der Waals surface area (Å²) < 4.78 is 6.95. The minimum absolute atomic E-state index is 0.368. The van der Waals surface area contributed by atoms with Crippen LogP contribution in [0, 0.1) is 19.3 Å². The van der Waals surface area contributed by atoms with E-state index in [1.165, 1.54) is 11.5 Å². The van der Waals surface area contributed by atoms with Gasteiger partial charge in [0.05, 0.1) is 12.8 Å². The van der Waals surface area contributed by atoms with Gasteiger partial charge in [-0.3, -0.25) is 5.41 Å². The van der Waals surface area contributed by atoms with E-state index in [1.54, 1.807) is 17.1 Å². The summed E-state index contributed by atoms with van der Waals surface area (Å²) in [6.45, 7) is 3.90. The lowest BCUT2D eigenvalue weighted by Crippen LogP contribution is -2.28. The highest BCUT2D eigenvalue weighted by Crippen LogP contribution is 2.26. The number of aromatic nitrogens is 1. The molecule has 1 aromatic heterocycles. The molecule has 0 aliphatic heterocycles. The van der Waals surface area contributed by atoms with Crippen LogP contribution in [-0.2, 0) is 0 Å². The lowest BCUT2D eigenvalue weighted by atomic mass is 10.2. The summed E-state index contributed by atoms with van der Waals surface area (Å²) in [4.78, 5) is 5.77. The van der Waals surface area contributed by atoms with Crippen molar-refractivity contribution < 1.29 is 4.74 Å². The van der Waals surface area contributed by atoms with E-state index in [0.717, 1.165) is 27.6 Å². The van der Waals surface area contributed by atoms with Crippen LogP contribution in [0.2, 0.25) is 5.02 Å². The molecule has 1 heterocycles. The third-order valence-corrected chi connectivity index (χ3v) is 5.17. The second kappa shape index (κ2) is 7.76. The van der Waals surface area contributed by atoms with Crippen LogP contribution in [0.4, 0.5) is 11.4 Å². The lowest BCUT2D eigenvalue weighted by molar-refractivity contribution is 0.415. The number of halogens is 1. The van der Waals surface area contributed by atoms with Crippen LogP contribution in [0.25, 0.3) is 0 Å². The van der Waals surface area contributed by atoms with Gasteiger partial charge in [-0.15, -0.1) is 0 Å². The summed E-state index contributed by atoms with van der Waals surface area (Å²) in [7, 11) is 1.63. The van der Waals surface area contributed by atoms with E-state index in [-0.39, 0.29) is 0 Å². The van der Waals surface area contributed by atoms with Crippen molar-refractivity contribution in [1.29, 1.82) is 5.41 Å². The van der Waals surface area contributed by atoms with Crippen molar-refractivity contribution in [2.24, 2.45) is 4.99 Å². The lowest BCUT2D eigenvalue weighted by Gasteiger charge is -2.12. The van der Waals surface area contributed by atoms with Gasteiger partial charge in [0.25, 0.3) is 0 Å². The molecule has 0 aliphatic rings. The van der Waals surface area contributed by atoms with Crippen LogP contribution in [-0.4, -0.2) is 17.0 Å². The molecule has 0 saturated carbocycles. The van der Waals surface area contributed by atoms with Gasteiger partial charge in [-0.05, 0) is 61.9 Å². The van der Waals surface area contributed by atoms with Crippen LogP contribution in [0.5, 0.6) is 5.75 Å². The zero-order valence-electron chi connectivity index (χ0n) is 14.7. The van der Waals surface area contributed by atoms with Gasteiger partial charge < -0.3 is 10.1 Å². The fraction of sp³-hybridized carbons (Fsp3) is 0.158. The molecular weight excluding hydrogens is 368 g/mol. The van der Waals surface area contributed by atoms with E-state index in [0.29, 0.717) is 16.5 Å². The molecule has 2 N–H and O–H groups in total. The molecule has 0 radical (unpaired) electrons. The first kappa shape index (κ1) is 18.2. The van der Waals surface area contributed by atoms with Gasteiger partial charge in [-0.25, -0.2) is 8.95 Å². The maximum Gasteiger partial charge on any atom is 0.223 e. The van der Waals surface area contributed by atoms with E-state index in [9.17, 15) is 0 Å². The van der Waals surface area contributed by atoms with Crippen LogP contribution >= 0.6 is 23.1 Å². The molecule has 5 nitrogen and oxygen atoms in total. The van der Waals surface area contributed by atoms with Gasteiger partial charge in [0.15, 0.2) is 0 Å². The van der Waals surface area contributed by atoms with Crippen molar-refractivity contribution >= 4 is 40.5 Å². The van der Waals surface area contributed by atoms with Crippen LogP contribution in [0.3, 0.4) is 0 Å². The Hall–Kier alpha value is -2.57. The normalized spacial score (nSPS) is 11.5. The predicted molar refractivity (Wildman–Crippen MR) is 108 cm³/mol. The SMILES string of the molecule is COc1ccc(NC(=Nc2cccc(Cl)c2C)n2sc(C)cc2=N)cc1. The molecule has 0 saturated heterocycles. The molecule has 0 spiro atoms. The summed E-state index contributed by atoms with van der Waals surface area (Å²) in [6.07, 6.45) is 0. The third kappa shape index (κ3) is 3.98. The first-order valence-corrected chi connectivity index (χ1v) is 9.13. The molecule has 3 rings (SSSR count). The summed E-state index contributed by atoms with van der Waals surface area (Å²) in [6, 6.07) is 15.0. The number of benzene rings is 2. The Labute approximate surface area is 161 Å². The first-order chi connectivity index (χ1) is 12.5. The fourth-order valence-electron chi connectivity index (χ4n) is 2.39. The molecule has 0 unspecified atom stereocenters. The number of nitrogens with one attached hydrogen (secondary N) is 2. The molecule has 7 heteroatoms. The third-order valence-electron chi connectivity index (χ3n) is 3.80. The predicted octanol–water partition coefficient (Wildman–Crippen LogP) is 4.96. The average molecular weight is 387 g/mol. The van der Waals surface area contributed by atoms with Crippen LogP contribution in [0.15, 0.2) is 53.5 Å². The van der Waals surface area contributed by atoms with Gasteiger partial charge in [0.2, 0.25) is 5.96 Å².